The van der Waals surface area contributed by atoms with Gasteiger partial charge < -0.3 is 14.0 Å². The van der Waals surface area contributed by atoms with E-state index in [2.05, 4.69) is 15.6 Å². The minimum absolute atomic E-state index is 0.617. The summed E-state index contributed by atoms with van der Waals surface area (Å²) in [5, 5.41) is 9.26. The number of nitrogens with zero attached hydrogens (tertiary/aromatic N) is 3. The molecule has 3 aromatic rings. The first kappa shape index (κ1) is 16.6. The molecule has 126 valence electrons. The number of hydrogen-bond acceptors (Lipinski definition) is 4. The fraction of sp³-hybridized carbons (Fsp3) is 0.200. The fourth-order valence-corrected chi connectivity index (χ4v) is 2.78. The van der Waals surface area contributed by atoms with Gasteiger partial charge in [-0.15, -0.1) is 0 Å². The molecule has 5 heteroatoms. The summed E-state index contributed by atoms with van der Waals surface area (Å²) in [7, 11) is 3.25. The van der Waals surface area contributed by atoms with Crippen molar-refractivity contribution >= 4 is 0 Å². The fourth-order valence-electron chi connectivity index (χ4n) is 2.78. The van der Waals surface area contributed by atoms with Crippen molar-refractivity contribution < 1.29 is 9.47 Å². The number of benzene rings is 2. The third-order valence-electron chi connectivity index (χ3n) is 4.09. The van der Waals surface area contributed by atoms with E-state index < -0.39 is 0 Å². The van der Waals surface area contributed by atoms with Crippen LogP contribution in [0.15, 0.2) is 54.9 Å². The molecule has 0 spiro atoms. The van der Waals surface area contributed by atoms with E-state index in [1.54, 1.807) is 20.4 Å². The van der Waals surface area contributed by atoms with Gasteiger partial charge in [0, 0.05) is 18.8 Å². The molecule has 0 aliphatic carbocycles. The van der Waals surface area contributed by atoms with Crippen molar-refractivity contribution in [1.82, 2.24) is 9.55 Å². The quantitative estimate of drug-likeness (QED) is 0.693. The van der Waals surface area contributed by atoms with Gasteiger partial charge in [-0.25, -0.2) is 4.98 Å². The van der Waals surface area contributed by atoms with E-state index in [1.807, 2.05) is 48.7 Å². The lowest BCUT2D eigenvalue weighted by Gasteiger charge is -2.11. The SMILES string of the molecule is COc1ccc(Cc2nccn2Cc2ccccc2C#N)cc1OC. The zero-order valence-corrected chi connectivity index (χ0v) is 14.3. The minimum atomic E-state index is 0.617. The van der Waals surface area contributed by atoms with Gasteiger partial charge in [-0.3, -0.25) is 0 Å². The average molecular weight is 333 g/mol. The molecular formula is C20H19N3O2. The summed E-state index contributed by atoms with van der Waals surface area (Å²) in [5.74, 6) is 2.34. The summed E-state index contributed by atoms with van der Waals surface area (Å²) in [6.45, 7) is 0.617. The lowest BCUT2D eigenvalue weighted by Crippen LogP contribution is -2.06. The van der Waals surface area contributed by atoms with Crippen LogP contribution in [0.5, 0.6) is 11.5 Å². The van der Waals surface area contributed by atoms with E-state index in [4.69, 9.17) is 9.47 Å². The van der Waals surface area contributed by atoms with Crippen LogP contribution in [0.25, 0.3) is 0 Å². The predicted octanol–water partition coefficient (Wildman–Crippen LogP) is 3.41. The first-order valence-electron chi connectivity index (χ1n) is 7.94. The van der Waals surface area contributed by atoms with E-state index in [0.717, 1.165) is 17.0 Å². The third kappa shape index (κ3) is 3.64. The minimum Gasteiger partial charge on any atom is -0.493 e. The van der Waals surface area contributed by atoms with Crippen LogP contribution in [0.2, 0.25) is 0 Å². The zero-order chi connectivity index (χ0) is 17.6. The van der Waals surface area contributed by atoms with Gasteiger partial charge in [-0.1, -0.05) is 24.3 Å². The maximum absolute atomic E-state index is 9.26. The van der Waals surface area contributed by atoms with Gasteiger partial charge in [-0.2, -0.15) is 5.26 Å². The van der Waals surface area contributed by atoms with Gasteiger partial charge in [0.2, 0.25) is 0 Å². The number of rotatable bonds is 6. The second-order valence-corrected chi connectivity index (χ2v) is 5.61. The number of imidazole rings is 1. The maximum Gasteiger partial charge on any atom is 0.161 e. The Morgan fingerprint density at radius 3 is 2.64 bits per heavy atom. The van der Waals surface area contributed by atoms with Gasteiger partial charge in [0.15, 0.2) is 11.5 Å². The maximum atomic E-state index is 9.26. The standard InChI is InChI=1S/C20H19N3O2/c1-24-18-8-7-15(11-19(18)25-2)12-20-22-9-10-23(20)14-17-6-4-3-5-16(17)13-21/h3-11H,12,14H2,1-2H3. The zero-order valence-electron chi connectivity index (χ0n) is 14.3. The summed E-state index contributed by atoms with van der Waals surface area (Å²) in [6.07, 6.45) is 4.39. The number of hydrogen-bond donors (Lipinski definition) is 0. The molecule has 25 heavy (non-hydrogen) atoms. The lowest BCUT2D eigenvalue weighted by atomic mass is 10.1. The van der Waals surface area contributed by atoms with Crippen molar-refractivity contribution in [1.29, 1.82) is 5.26 Å². The summed E-state index contributed by atoms with van der Waals surface area (Å²) in [6, 6.07) is 15.7. The first-order chi connectivity index (χ1) is 12.2. The highest BCUT2D eigenvalue weighted by Gasteiger charge is 2.10. The second kappa shape index (κ2) is 7.54. The summed E-state index contributed by atoms with van der Waals surface area (Å²) in [4.78, 5) is 4.47. The normalized spacial score (nSPS) is 10.3. The van der Waals surface area contributed by atoms with E-state index in [9.17, 15) is 5.26 Å². The van der Waals surface area contributed by atoms with Crippen molar-refractivity contribution in [2.75, 3.05) is 14.2 Å². The molecule has 0 radical (unpaired) electrons. The van der Waals surface area contributed by atoms with Crippen LogP contribution < -0.4 is 9.47 Å². The highest BCUT2D eigenvalue weighted by atomic mass is 16.5. The molecular weight excluding hydrogens is 314 g/mol. The van der Waals surface area contributed by atoms with Gasteiger partial charge in [-0.05, 0) is 29.3 Å². The van der Waals surface area contributed by atoms with Crippen LogP contribution in [0.4, 0.5) is 0 Å². The number of methoxy groups -OCH3 is 2. The summed E-state index contributed by atoms with van der Waals surface area (Å²) in [5.41, 5.74) is 2.75. The van der Waals surface area contributed by atoms with Crippen molar-refractivity contribution in [2.24, 2.45) is 0 Å². The number of ether oxygens (including phenoxy) is 2. The molecule has 0 unspecified atom stereocenters. The Morgan fingerprint density at radius 2 is 1.88 bits per heavy atom. The lowest BCUT2D eigenvalue weighted by molar-refractivity contribution is 0.354. The summed E-state index contributed by atoms with van der Waals surface area (Å²) >= 11 is 0. The van der Waals surface area contributed by atoms with E-state index in [0.29, 0.717) is 30.0 Å². The van der Waals surface area contributed by atoms with E-state index in [1.165, 1.54) is 0 Å². The molecule has 0 aliphatic rings. The van der Waals surface area contributed by atoms with E-state index >= 15 is 0 Å². The Hall–Kier alpha value is -3.26. The van der Waals surface area contributed by atoms with Crippen LogP contribution in [-0.4, -0.2) is 23.8 Å². The molecule has 0 fully saturated rings. The van der Waals surface area contributed by atoms with Crippen LogP contribution in [0.1, 0.15) is 22.5 Å². The molecule has 0 saturated carbocycles. The topological polar surface area (TPSA) is 60.1 Å². The molecule has 1 heterocycles. The second-order valence-electron chi connectivity index (χ2n) is 5.61. The van der Waals surface area contributed by atoms with Crippen LogP contribution in [-0.2, 0) is 13.0 Å². The molecule has 0 atom stereocenters. The van der Waals surface area contributed by atoms with Crippen molar-refractivity contribution in [3.63, 3.8) is 0 Å². The molecule has 0 bridgehead atoms. The van der Waals surface area contributed by atoms with Crippen molar-refractivity contribution in [2.45, 2.75) is 13.0 Å². The van der Waals surface area contributed by atoms with E-state index in [-0.39, 0.29) is 0 Å². The van der Waals surface area contributed by atoms with Gasteiger partial charge in [0.05, 0.1) is 32.4 Å². The molecule has 0 amide bonds. The molecule has 1 aromatic heterocycles. The Morgan fingerprint density at radius 1 is 1.08 bits per heavy atom. The number of nitriles is 1. The molecule has 0 saturated heterocycles. The Bertz CT molecular complexity index is 909. The predicted molar refractivity (Wildman–Crippen MR) is 94.8 cm³/mol. The molecule has 0 aliphatic heterocycles. The van der Waals surface area contributed by atoms with Crippen LogP contribution >= 0.6 is 0 Å². The van der Waals surface area contributed by atoms with Crippen LogP contribution in [0, 0.1) is 11.3 Å². The Kier molecular flexibility index (Phi) is 5.00. The first-order valence-corrected chi connectivity index (χ1v) is 7.94. The van der Waals surface area contributed by atoms with Crippen molar-refractivity contribution in [3.8, 4) is 17.6 Å². The largest absolute Gasteiger partial charge is 0.493 e. The highest BCUT2D eigenvalue weighted by Crippen LogP contribution is 2.28. The Balaban J connectivity index is 1.84. The van der Waals surface area contributed by atoms with Gasteiger partial charge >= 0.3 is 0 Å². The van der Waals surface area contributed by atoms with Crippen LogP contribution in [0.3, 0.4) is 0 Å². The smallest absolute Gasteiger partial charge is 0.161 e. The molecule has 2 aromatic carbocycles. The molecule has 5 nitrogen and oxygen atoms in total. The number of aromatic nitrogens is 2. The third-order valence-corrected chi connectivity index (χ3v) is 4.09. The molecule has 3 rings (SSSR count). The van der Waals surface area contributed by atoms with Crippen molar-refractivity contribution in [3.05, 3.63) is 77.4 Å². The monoisotopic (exact) mass is 333 g/mol. The summed E-state index contributed by atoms with van der Waals surface area (Å²) < 4.78 is 12.7. The van der Waals surface area contributed by atoms with Gasteiger partial charge in [0.25, 0.3) is 0 Å². The molecule has 0 N–H and O–H groups in total. The highest BCUT2D eigenvalue weighted by molar-refractivity contribution is 5.43. The Labute approximate surface area is 147 Å². The average Bonchev–Trinajstić information content (AvgIpc) is 3.08. The van der Waals surface area contributed by atoms with Gasteiger partial charge in [0.1, 0.15) is 5.82 Å².